The fourth-order valence-electron chi connectivity index (χ4n) is 2.00. The standard InChI is InChI=1S/C12H23N/c1-11(2)8-10-13-9-6-4-5-7-12(13)3/h12H,1,4-10H2,2-3H3. The molecule has 1 nitrogen and oxygen atoms in total. The summed E-state index contributed by atoms with van der Waals surface area (Å²) in [5.74, 6) is 0. The van der Waals surface area contributed by atoms with Gasteiger partial charge < -0.3 is 4.90 Å². The van der Waals surface area contributed by atoms with Gasteiger partial charge in [0.2, 0.25) is 0 Å². The van der Waals surface area contributed by atoms with E-state index in [9.17, 15) is 0 Å². The van der Waals surface area contributed by atoms with Crippen LogP contribution in [0.25, 0.3) is 0 Å². The van der Waals surface area contributed by atoms with Crippen LogP contribution in [0.4, 0.5) is 0 Å². The van der Waals surface area contributed by atoms with Gasteiger partial charge in [-0.15, -0.1) is 6.58 Å². The zero-order chi connectivity index (χ0) is 9.68. The van der Waals surface area contributed by atoms with E-state index in [-0.39, 0.29) is 0 Å². The molecule has 1 atom stereocenters. The SMILES string of the molecule is C=C(C)CCN1CCCCCC1C. The molecule has 1 saturated heterocycles. The summed E-state index contributed by atoms with van der Waals surface area (Å²) in [5.41, 5.74) is 1.32. The van der Waals surface area contributed by atoms with Crippen molar-refractivity contribution in [2.45, 2.75) is 52.0 Å². The van der Waals surface area contributed by atoms with Gasteiger partial charge in [0, 0.05) is 12.6 Å². The molecule has 0 spiro atoms. The molecule has 0 bridgehead atoms. The molecule has 1 unspecified atom stereocenters. The first-order valence-corrected chi connectivity index (χ1v) is 5.58. The Hall–Kier alpha value is -0.300. The van der Waals surface area contributed by atoms with Gasteiger partial charge >= 0.3 is 0 Å². The number of hydrogen-bond acceptors (Lipinski definition) is 1. The van der Waals surface area contributed by atoms with Gasteiger partial charge in [-0.3, -0.25) is 0 Å². The second-order valence-corrected chi connectivity index (χ2v) is 4.44. The van der Waals surface area contributed by atoms with Crippen LogP contribution in [0, 0.1) is 0 Å². The Labute approximate surface area is 82.8 Å². The molecule has 1 aliphatic rings. The van der Waals surface area contributed by atoms with E-state index in [2.05, 4.69) is 25.3 Å². The van der Waals surface area contributed by atoms with Crippen molar-refractivity contribution in [1.29, 1.82) is 0 Å². The zero-order valence-electron chi connectivity index (χ0n) is 9.18. The second kappa shape index (κ2) is 5.43. The number of hydrogen-bond donors (Lipinski definition) is 0. The lowest BCUT2D eigenvalue weighted by molar-refractivity contribution is 0.216. The predicted octanol–water partition coefficient (Wildman–Crippen LogP) is 3.22. The molecular formula is C12H23N. The molecule has 1 heterocycles. The Morgan fingerprint density at radius 1 is 1.38 bits per heavy atom. The highest BCUT2D eigenvalue weighted by atomic mass is 15.1. The fraction of sp³-hybridized carbons (Fsp3) is 0.833. The van der Waals surface area contributed by atoms with Crippen LogP contribution < -0.4 is 0 Å². The number of nitrogens with zero attached hydrogens (tertiary/aromatic N) is 1. The average Bonchev–Trinajstić information content (AvgIpc) is 2.27. The van der Waals surface area contributed by atoms with E-state index >= 15 is 0 Å². The summed E-state index contributed by atoms with van der Waals surface area (Å²) in [4.78, 5) is 2.63. The maximum absolute atomic E-state index is 3.96. The largest absolute Gasteiger partial charge is 0.300 e. The van der Waals surface area contributed by atoms with Crippen LogP contribution in [0.5, 0.6) is 0 Å². The van der Waals surface area contributed by atoms with Crippen LogP contribution in [-0.2, 0) is 0 Å². The van der Waals surface area contributed by atoms with Gasteiger partial charge in [0.25, 0.3) is 0 Å². The topological polar surface area (TPSA) is 3.24 Å². The molecular weight excluding hydrogens is 158 g/mol. The molecule has 0 aliphatic carbocycles. The van der Waals surface area contributed by atoms with Gasteiger partial charge in [-0.05, 0) is 39.7 Å². The molecule has 0 N–H and O–H groups in total. The number of rotatable bonds is 3. The quantitative estimate of drug-likeness (QED) is 0.604. The van der Waals surface area contributed by atoms with Crippen LogP contribution in [-0.4, -0.2) is 24.0 Å². The van der Waals surface area contributed by atoms with Crippen molar-refractivity contribution in [3.05, 3.63) is 12.2 Å². The molecule has 1 heteroatoms. The maximum atomic E-state index is 3.96. The monoisotopic (exact) mass is 181 g/mol. The molecule has 1 fully saturated rings. The van der Waals surface area contributed by atoms with E-state index in [1.54, 1.807) is 0 Å². The molecule has 0 radical (unpaired) electrons. The smallest absolute Gasteiger partial charge is 0.00670 e. The normalized spacial score (nSPS) is 25.5. The minimum Gasteiger partial charge on any atom is -0.300 e. The van der Waals surface area contributed by atoms with Crippen LogP contribution in [0.1, 0.15) is 46.0 Å². The third kappa shape index (κ3) is 3.95. The van der Waals surface area contributed by atoms with Crippen molar-refractivity contribution in [3.63, 3.8) is 0 Å². The molecule has 0 aromatic carbocycles. The molecule has 0 aromatic rings. The van der Waals surface area contributed by atoms with E-state index < -0.39 is 0 Å². The molecule has 13 heavy (non-hydrogen) atoms. The summed E-state index contributed by atoms with van der Waals surface area (Å²) in [6.07, 6.45) is 6.79. The highest BCUT2D eigenvalue weighted by molar-refractivity contribution is 4.89. The third-order valence-electron chi connectivity index (χ3n) is 3.02. The van der Waals surface area contributed by atoms with Crippen molar-refractivity contribution >= 4 is 0 Å². The lowest BCUT2D eigenvalue weighted by Gasteiger charge is -2.26. The third-order valence-corrected chi connectivity index (χ3v) is 3.02. The summed E-state index contributed by atoms with van der Waals surface area (Å²) in [7, 11) is 0. The van der Waals surface area contributed by atoms with Crippen molar-refractivity contribution in [3.8, 4) is 0 Å². The molecule has 76 valence electrons. The van der Waals surface area contributed by atoms with Gasteiger partial charge in [0.1, 0.15) is 0 Å². The fourth-order valence-corrected chi connectivity index (χ4v) is 2.00. The summed E-state index contributed by atoms with van der Waals surface area (Å²) in [6, 6.07) is 0.793. The van der Waals surface area contributed by atoms with Gasteiger partial charge in [0.15, 0.2) is 0 Å². The van der Waals surface area contributed by atoms with E-state index in [0.717, 1.165) is 6.04 Å². The predicted molar refractivity (Wildman–Crippen MR) is 58.9 cm³/mol. The molecule has 0 saturated carbocycles. The van der Waals surface area contributed by atoms with E-state index in [4.69, 9.17) is 0 Å². The molecule has 1 rings (SSSR count). The summed E-state index contributed by atoms with van der Waals surface area (Å²) in [5, 5.41) is 0. The first-order valence-electron chi connectivity index (χ1n) is 5.58. The second-order valence-electron chi connectivity index (χ2n) is 4.44. The van der Waals surface area contributed by atoms with Crippen molar-refractivity contribution in [1.82, 2.24) is 4.90 Å². The maximum Gasteiger partial charge on any atom is 0.00670 e. The lowest BCUT2D eigenvalue weighted by atomic mass is 10.1. The van der Waals surface area contributed by atoms with Gasteiger partial charge in [-0.1, -0.05) is 18.4 Å². The van der Waals surface area contributed by atoms with E-state index in [0.29, 0.717) is 0 Å². The molecule has 1 aliphatic heterocycles. The van der Waals surface area contributed by atoms with E-state index in [1.807, 2.05) is 0 Å². The first-order chi connectivity index (χ1) is 6.20. The van der Waals surface area contributed by atoms with E-state index in [1.165, 1.54) is 50.8 Å². The highest BCUT2D eigenvalue weighted by Crippen LogP contribution is 2.16. The Kier molecular flexibility index (Phi) is 4.51. The van der Waals surface area contributed by atoms with Crippen LogP contribution in [0.2, 0.25) is 0 Å². The minimum absolute atomic E-state index is 0.793. The minimum atomic E-state index is 0.793. The summed E-state index contributed by atoms with van der Waals surface area (Å²) in [6.45, 7) is 11.0. The lowest BCUT2D eigenvalue weighted by Crippen LogP contribution is -2.33. The van der Waals surface area contributed by atoms with Crippen LogP contribution >= 0.6 is 0 Å². The average molecular weight is 181 g/mol. The van der Waals surface area contributed by atoms with Crippen LogP contribution in [0.15, 0.2) is 12.2 Å². The van der Waals surface area contributed by atoms with Crippen molar-refractivity contribution in [2.75, 3.05) is 13.1 Å². The highest BCUT2D eigenvalue weighted by Gasteiger charge is 2.15. The van der Waals surface area contributed by atoms with Gasteiger partial charge in [-0.25, -0.2) is 0 Å². The van der Waals surface area contributed by atoms with Crippen molar-refractivity contribution in [2.24, 2.45) is 0 Å². The Morgan fingerprint density at radius 2 is 2.15 bits per heavy atom. The van der Waals surface area contributed by atoms with Gasteiger partial charge in [-0.2, -0.15) is 0 Å². The van der Waals surface area contributed by atoms with Crippen molar-refractivity contribution < 1.29 is 0 Å². The zero-order valence-corrected chi connectivity index (χ0v) is 9.18. The Bertz CT molecular complexity index is 163. The number of likely N-dealkylation sites (tertiary alicyclic amines) is 1. The molecule has 0 aromatic heterocycles. The van der Waals surface area contributed by atoms with Crippen LogP contribution in [0.3, 0.4) is 0 Å². The van der Waals surface area contributed by atoms with Gasteiger partial charge in [0.05, 0.1) is 0 Å². The first kappa shape index (κ1) is 10.8. The summed E-state index contributed by atoms with van der Waals surface area (Å²) < 4.78 is 0. The molecule has 0 amide bonds. The summed E-state index contributed by atoms with van der Waals surface area (Å²) >= 11 is 0. The Morgan fingerprint density at radius 3 is 2.85 bits per heavy atom. The Balaban J connectivity index is 2.31.